The van der Waals surface area contributed by atoms with Crippen LogP contribution in [0.1, 0.15) is 27.8 Å². The number of fused-ring (bicyclic) bond motifs is 4. The molecule has 0 N–H and O–H groups in total. The molecule has 9 aromatic rings. The molecule has 262 valence electrons. The quantitative estimate of drug-likeness (QED) is 0.126. The molecule has 0 aliphatic rings. The summed E-state index contributed by atoms with van der Waals surface area (Å²) in [5.74, 6) is 0. The monoisotopic (exact) mass is 817 g/mol. The van der Waals surface area contributed by atoms with E-state index >= 15 is 0 Å². The molecule has 0 fully saturated rings. The minimum atomic E-state index is 0. The second-order valence-corrected chi connectivity index (χ2v) is 13.1. The SMILES string of the molecule is Cc1ccc2[cH-]c(C)c(-c3cccc4ccccc34)c2c1.Cc1ccc2[cH-]c(C)c(-c3cccc4ccccc34)c2c1.[CH2-]c1ccccc1.[Cl-].[Cl-].[Si]=[Zr+2]. The molecule has 0 atom stereocenters. The molecule has 0 saturated carbocycles. The van der Waals surface area contributed by atoms with Crippen molar-refractivity contribution in [2.45, 2.75) is 27.7 Å². The molecule has 0 bridgehead atoms. The molecule has 9 rings (SSSR count). The van der Waals surface area contributed by atoms with Crippen LogP contribution >= 0.6 is 0 Å². The number of rotatable bonds is 2. The van der Waals surface area contributed by atoms with Gasteiger partial charge >= 0.3 is 30.2 Å². The molecule has 53 heavy (non-hydrogen) atoms. The van der Waals surface area contributed by atoms with Gasteiger partial charge in [0.15, 0.2) is 0 Å². The molecule has 4 heteroatoms. The Labute approximate surface area is 344 Å². The van der Waals surface area contributed by atoms with E-state index < -0.39 is 0 Å². The Balaban J connectivity index is 0.000000187. The first-order valence-corrected chi connectivity index (χ1v) is 21.5. The zero-order valence-electron chi connectivity index (χ0n) is 30.6. The Morgan fingerprint density at radius 3 is 1.21 bits per heavy atom. The van der Waals surface area contributed by atoms with Crippen molar-refractivity contribution in [3.63, 3.8) is 0 Å². The standard InChI is InChI=1S/2C21H17.C7H7.2ClH.Si.Zr/c2*1-14-10-11-17-13-15(2)21(20(17)12-14)19-9-5-7-16-6-3-4-8-18(16)19;1-7-5-3-2-4-6-7;;;;/h2*3-13H,1-2H3;2-6H,1H2;2*1H;;/q3*-1;;;;+2/p-2. The van der Waals surface area contributed by atoms with Gasteiger partial charge in [-0.25, -0.2) is 0 Å². The zero-order chi connectivity index (χ0) is 35.9. The Bertz CT molecular complexity index is 2410. The van der Waals surface area contributed by atoms with E-state index in [2.05, 4.69) is 175 Å². The van der Waals surface area contributed by atoms with Gasteiger partial charge in [0.25, 0.3) is 0 Å². The fourth-order valence-corrected chi connectivity index (χ4v) is 7.14. The summed E-state index contributed by atoms with van der Waals surface area (Å²) in [6, 6.07) is 58.4. The molecule has 9 aromatic carbocycles. The molecule has 2 radical (unpaired) electrons. The van der Waals surface area contributed by atoms with Gasteiger partial charge in [0, 0.05) is 0 Å². The van der Waals surface area contributed by atoms with Crippen molar-refractivity contribution in [2.75, 3.05) is 0 Å². The van der Waals surface area contributed by atoms with Crippen molar-refractivity contribution >= 4 is 50.0 Å². The zero-order valence-corrected chi connectivity index (χ0v) is 35.5. The summed E-state index contributed by atoms with van der Waals surface area (Å²) in [4.78, 5) is 0. The molecule has 0 aliphatic carbocycles. The number of hydrogen-bond acceptors (Lipinski definition) is 0. The van der Waals surface area contributed by atoms with Crippen LogP contribution in [0.5, 0.6) is 0 Å². The van der Waals surface area contributed by atoms with Crippen molar-refractivity contribution in [3.05, 3.63) is 199 Å². The fraction of sp³-hybridized carbons (Fsp3) is 0.0816. The second kappa shape index (κ2) is 19.2. The fourth-order valence-electron chi connectivity index (χ4n) is 7.14. The Morgan fingerprint density at radius 1 is 0.434 bits per heavy atom. The van der Waals surface area contributed by atoms with Gasteiger partial charge in [-0.2, -0.15) is 24.6 Å². The van der Waals surface area contributed by atoms with Crippen molar-refractivity contribution in [1.82, 2.24) is 0 Å². The Hall–Kier alpha value is -4.17. The van der Waals surface area contributed by atoms with E-state index in [1.807, 2.05) is 30.3 Å². The summed E-state index contributed by atoms with van der Waals surface area (Å²) in [6.45, 7) is 15.5. The molecule has 0 unspecified atom stereocenters. The number of aryl methyl sites for hydroxylation is 4. The van der Waals surface area contributed by atoms with Crippen LogP contribution in [0.3, 0.4) is 0 Å². The first-order chi connectivity index (χ1) is 24.9. The normalized spacial score (nSPS) is 10.2. The first-order valence-electron chi connectivity index (χ1n) is 17.3. The van der Waals surface area contributed by atoms with Gasteiger partial charge in [0.1, 0.15) is 0 Å². The van der Waals surface area contributed by atoms with E-state index in [1.165, 1.54) is 111 Å². The third-order valence-electron chi connectivity index (χ3n) is 9.45. The van der Waals surface area contributed by atoms with Crippen molar-refractivity contribution in [2.24, 2.45) is 0 Å². The molecule has 0 amide bonds. The summed E-state index contributed by atoms with van der Waals surface area (Å²) in [5.41, 5.74) is 11.8. The van der Waals surface area contributed by atoms with Gasteiger partial charge < -0.3 is 24.8 Å². The average molecular weight is 820 g/mol. The van der Waals surface area contributed by atoms with Gasteiger partial charge in [-0.3, -0.25) is 0 Å². The van der Waals surface area contributed by atoms with E-state index in [1.54, 1.807) is 0 Å². The van der Waals surface area contributed by atoms with Crippen LogP contribution in [-0.4, -0.2) is 6.88 Å². The number of hydrogen-bond donors (Lipinski definition) is 0. The predicted octanol–water partition coefficient (Wildman–Crippen LogP) is 7.48. The molecule has 0 saturated heterocycles. The van der Waals surface area contributed by atoms with E-state index in [-0.39, 0.29) is 24.8 Å². The summed E-state index contributed by atoms with van der Waals surface area (Å²) in [7, 11) is 0. The summed E-state index contributed by atoms with van der Waals surface area (Å²) in [6.07, 6.45) is 0. The second-order valence-electron chi connectivity index (χ2n) is 13.1. The summed E-state index contributed by atoms with van der Waals surface area (Å²) >= 11 is 1.36. The maximum atomic E-state index is 3.72. The molecular weight excluding hydrogens is 779 g/mol. The molecular formula is C49H41Cl2SiZr-3. The van der Waals surface area contributed by atoms with Crippen molar-refractivity contribution in [1.29, 1.82) is 0 Å². The minimum absolute atomic E-state index is 0. The number of halogens is 2. The van der Waals surface area contributed by atoms with E-state index in [4.69, 9.17) is 0 Å². The van der Waals surface area contributed by atoms with Crippen molar-refractivity contribution in [3.8, 4) is 22.3 Å². The number of benzene rings is 7. The van der Waals surface area contributed by atoms with Crippen LogP contribution < -0.4 is 24.8 Å². The van der Waals surface area contributed by atoms with Crippen LogP contribution in [0.15, 0.2) is 164 Å². The molecule has 0 aromatic heterocycles. The van der Waals surface area contributed by atoms with Crippen LogP contribution in [0.25, 0.3) is 65.3 Å². The van der Waals surface area contributed by atoms with E-state index in [0.29, 0.717) is 0 Å². The van der Waals surface area contributed by atoms with Gasteiger partial charge in [-0.1, -0.05) is 127 Å². The van der Waals surface area contributed by atoms with Crippen LogP contribution in [0, 0.1) is 34.6 Å². The summed E-state index contributed by atoms with van der Waals surface area (Å²) < 4.78 is 0. The van der Waals surface area contributed by atoms with Gasteiger partial charge in [0.2, 0.25) is 0 Å². The van der Waals surface area contributed by atoms with Gasteiger partial charge in [-0.15, -0.1) is 104 Å². The first kappa shape index (κ1) is 41.6. The average Bonchev–Trinajstić information content (AvgIpc) is 3.66. The summed E-state index contributed by atoms with van der Waals surface area (Å²) in [5, 5.41) is 10.7. The maximum absolute atomic E-state index is 3.72. The Morgan fingerprint density at radius 2 is 0.811 bits per heavy atom. The topological polar surface area (TPSA) is 0 Å². The van der Waals surface area contributed by atoms with E-state index in [9.17, 15) is 0 Å². The molecule has 0 spiro atoms. The van der Waals surface area contributed by atoms with Crippen molar-refractivity contribution < 1.29 is 48.1 Å². The van der Waals surface area contributed by atoms with E-state index in [0.717, 1.165) is 5.56 Å². The van der Waals surface area contributed by atoms with Crippen LogP contribution in [-0.2, 0) is 23.3 Å². The molecule has 0 aliphatic heterocycles. The third kappa shape index (κ3) is 9.32. The third-order valence-corrected chi connectivity index (χ3v) is 9.45. The van der Waals surface area contributed by atoms with Gasteiger partial charge in [-0.05, 0) is 35.4 Å². The van der Waals surface area contributed by atoms with Gasteiger partial charge in [0.05, 0.1) is 0 Å². The predicted molar refractivity (Wildman–Crippen MR) is 221 cm³/mol. The molecule has 0 heterocycles. The Kier molecular flexibility index (Phi) is 15.1. The van der Waals surface area contributed by atoms with Crippen LogP contribution in [0.2, 0.25) is 0 Å². The molecule has 0 nitrogen and oxygen atoms in total. The van der Waals surface area contributed by atoms with Crippen LogP contribution in [0.4, 0.5) is 0 Å².